The Bertz CT molecular complexity index is 585. The van der Waals surface area contributed by atoms with E-state index >= 15 is 0 Å². The van der Waals surface area contributed by atoms with Crippen LogP contribution in [0.4, 0.5) is 0 Å². The molecule has 0 saturated heterocycles. The maximum Gasteiger partial charge on any atom is 0.230 e. The Balaban J connectivity index is 1.96. The number of ether oxygens (including phenoxy) is 1. The smallest absolute Gasteiger partial charge is 0.230 e. The summed E-state index contributed by atoms with van der Waals surface area (Å²) in [5.74, 6) is 1.44. The fourth-order valence-corrected chi connectivity index (χ4v) is 3.31. The highest BCUT2D eigenvalue weighted by Gasteiger charge is 2.18. The van der Waals surface area contributed by atoms with Gasteiger partial charge in [0.2, 0.25) is 5.91 Å². The number of benzene rings is 1. The van der Waals surface area contributed by atoms with Gasteiger partial charge in [0.1, 0.15) is 11.3 Å². The Labute approximate surface area is 138 Å². The van der Waals surface area contributed by atoms with E-state index in [2.05, 4.69) is 29.4 Å². The zero-order valence-corrected chi connectivity index (χ0v) is 14.4. The second-order valence-corrected chi connectivity index (χ2v) is 7.11. The minimum atomic E-state index is -0.0200. The van der Waals surface area contributed by atoms with E-state index in [-0.39, 0.29) is 11.9 Å². The summed E-state index contributed by atoms with van der Waals surface area (Å²) in [6.45, 7) is 4.18. The highest BCUT2D eigenvalue weighted by molar-refractivity contribution is 8.01. The molecule has 0 aliphatic heterocycles. The first kappa shape index (κ1) is 16.8. The van der Waals surface area contributed by atoms with Crippen LogP contribution in [0, 0.1) is 5.92 Å². The standard InChI is InChI=1S/C15H19N3O2S2/c1-10(2)14(11-4-6-12(20-3)7-5-11)17-13(19)8-21-15-18-16-9-22-15/h4-7,9-10,14H,8H2,1-3H3,(H,17,19). The van der Waals surface area contributed by atoms with Crippen molar-refractivity contribution in [1.29, 1.82) is 0 Å². The second kappa shape index (κ2) is 8.14. The van der Waals surface area contributed by atoms with E-state index in [1.54, 1.807) is 12.6 Å². The van der Waals surface area contributed by atoms with Crippen LogP contribution in [-0.4, -0.2) is 29.0 Å². The predicted octanol–water partition coefficient (Wildman–Crippen LogP) is 3.15. The van der Waals surface area contributed by atoms with Crippen molar-refractivity contribution in [3.63, 3.8) is 0 Å². The monoisotopic (exact) mass is 337 g/mol. The molecule has 0 aliphatic rings. The molecule has 7 heteroatoms. The Morgan fingerprint density at radius 3 is 2.64 bits per heavy atom. The highest BCUT2D eigenvalue weighted by atomic mass is 32.2. The predicted molar refractivity (Wildman–Crippen MR) is 89.3 cm³/mol. The van der Waals surface area contributed by atoms with Gasteiger partial charge >= 0.3 is 0 Å². The molecule has 0 fully saturated rings. The van der Waals surface area contributed by atoms with Gasteiger partial charge in [-0.05, 0) is 23.6 Å². The number of hydrogen-bond acceptors (Lipinski definition) is 6. The number of methoxy groups -OCH3 is 1. The molecule has 22 heavy (non-hydrogen) atoms. The molecule has 1 aromatic carbocycles. The van der Waals surface area contributed by atoms with Crippen molar-refractivity contribution in [2.75, 3.05) is 12.9 Å². The lowest BCUT2D eigenvalue weighted by molar-refractivity contribution is -0.119. The number of aromatic nitrogens is 2. The van der Waals surface area contributed by atoms with Crippen molar-refractivity contribution < 1.29 is 9.53 Å². The Kier molecular flexibility index (Phi) is 6.21. The molecule has 0 saturated carbocycles. The third kappa shape index (κ3) is 4.71. The van der Waals surface area contributed by atoms with Gasteiger partial charge < -0.3 is 10.1 Å². The van der Waals surface area contributed by atoms with Crippen LogP contribution in [0.3, 0.4) is 0 Å². The first-order valence-electron chi connectivity index (χ1n) is 6.92. The van der Waals surface area contributed by atoms with Gasteiger partial charge in [-0.15, -0.1) is 10.2 Å². The molecule has 1 atom stereocenters. The molecule has 0 spiro atoms. The molecular formula is C15H19N3O2S2. The van der Waals surface area contributed by atoms with E-state index in [1.165, 1.54) is 23.1 Å². The molecule has 1 amide bonds. The average Bonchev–Trinajstić information content (AvgIpc) is 3.04. The fourth-order valence-electron chi connectivity index (χ4n) is 2.01. The van der Waals surface area contributed by atoms with Gasteiger partial charge in [-0.1, -0.05) is 49.1 Å². The fraction of sp³-hybridized carbons (Fsp3) is 0.400. The highest BCUT2D eigenvalue weighted by Crippen LogP contribution is 2.25. The van der Waals surface area contributed by atoms with Crippen LogP contribution in [0.1, 0.15) is 25.5 Å². The lowest BCUT2D eigenvalue weighted by Gasteiger charge is -2.23. The van der Waals surface area contributed by atoms with Crippen molar-refractivity contribution in [2.45, 2.75) is 24.2 Å². The molecule has 2 aromatic rings. The van der Waals surface area contributed by atoms with E-state index < -0.39 is 0 Å². The zero-order chi connectivity index (χ0) is 15.9. The summed E-state index contributed by atoms with van der Waals surface area (Å²) in [5.41, 5.74) is 2.74. The van der Waals surface area contributed by atoms with Gasteiger partial charge in [0.25, 0.3) is 0 Å². The normalized spacial score (nSPS) is 12.2. The van der Waals surface area contributed by atoms with Crippen molar-refractivity contribution in [3.8, 4) is 5.75 Å². The van der Waals surface area contributed by atoms with Crippen molar-refractivity contribution in [2.24, 2.45) is 5.92 Å². The molecule has 1 aromatic heterocycles. The topological polar surface area (TPSA) is 64.1 Å². The number of carbonyl (C=O) groups is 1. The second-order valence-electron chi connectivity index (χ2n) is 5.06. The van der Waals surface area contributed by atoms with Crippen LogP contribution >= 0.6 is 23.1 Å². The van der Waals surface area contributed by atoms with Gasteiger partial charge in [-0.3, -0.25) is 4.79 Å². The van der Waals surface area contributed by atoms with Crippen LogP contribution < -0.4 is 10.1 Å². The molecule has 0 aliphatic carbocycles. The molecule has 2 rings (SSSR count). The largest absolute Gasteiger partial charge is 0.497 e. The molecule has 1 N–H and O–H groups in total. The van der Waals surface area contributed by atoms with E-state index in [1.807, 2.05) is 24.3 Å². The summed E-state index contributed by atoms with van der Waals surface area (Å²) in [6, 6.07) is 7.77. The maximum absolute atomic E-state index is 12.1. The zero-order valence-electron chi connectivity index (χ0n) is 12.8. The lowest BCUT2D eigenvalue weighted by atomic mass is 9.96. The maximum atomic E-state index is 12.1. The van der Waals surface area contributed by atoms with Crippen molar-refractivity contribution >= 4 is 29.0 Å². The number of amides is 1. The van der Waals surface area contributed by atoms with E-state index in [9.17, 15) is 4.79 Å². The minimum Gasteiger partial charge on any atom is -0.497 e. The summed E-state index contributed by atoms with van der Waals surface area (Å²) in [4.78, 5) is 12.1. The third-order valence-corrected chi connectivity index (χ3v) is 4.99. The molecule has 1 heterocycles. The lowest BCUT2D eigenvalue weighted by Crippen LogP contribution is -2.32. The number of hydrogen-bond donors (Lipinski definition) is 1. The molecule has 118 valence electrons. The summed E-state index contributed by atoms with van der Waals surface area (Å²) in [5, 5.41) is 10.8. The van der Waals surface area contributed by atoms with Crippen molar-refractivity contribution in [3.05, 3.63) is 35.3 Å². The number of thioether (sulfide) groups is 1. The summed E-state index contributed by atoms with van der Waals surface area (Å²) >= 11 is 2.84. The average molecular weight is 337 g/mol. The third-order valence-electron chi connectivity index (χ3n) is 3.12. The van der Waals surface area contributed by atoms with Crippen LogP contribution in [-0.2, 0) is 4.79 Å². The molecule has 5 nitrogen and oxygen atoms in total. The number of carbonyl (C=O) groups excluding carboxylic acids is 1. The van der Waals surface area contributed by atoms with Gasteiger partial charge in [0.05, 0.1) is 18.9 Å². The Morgan fingerprint density at radius 1 is 1.36 bits per heavy atom. The summed E-state index contributed by atoms with van der Waals surface area (Å²) < 4.78 is 5.97. The van der Waals surface area contributed by atoms with E-state index in [0.717, 1.165) is 15.7 Å². The van der Waals surface area contributed by atoms with Crippen LogP contribution in [0.15, 0.2) is 34.1 Å². The molecule has 0 radical (unpaired) electrons. The quantitative estimate of drug-likeness (QED) is 0.786. The molecular weight excluding hydrogens is 318 g/mol. The van der Waals surface area contributed by atoms with Crippen molar-refractivity contribution in [1.82, 2.24) is 15.5 Å². The Morgan fingerprint density at radius 2 is 2.09 bits per heavy atom. The number of rotatable bonds is 7. The van der Waals surface area contributed by atoms with E-state index in [0.29, 0.717) is 11.7 Å². The molecule has 0 bridgehead atoms. The van der Waals surface area contributed by atoms with Crippen LogP contribution in [0.2, 0.25) is 0 Å². The van der Waals surface area contributed by atoms with Gasteiger partial charge in [0, 0.05) is 0 Å². The van der Waals surface area contributed by atoms with Gasteiger partial charge in [-0.25, -0.2) is 0 Å². The van der Waals surface area contributed by atoms with Crippen LogP contribution in [0.5, 0.6) is 5.75 Å². The number of nitrogens with one attached hydrogen (secondary N) is 1. The van der Waals surface area contributed by atoms with Gasteiger partial charge in [-0.2, -0.15) is 0 Å². The first-order valence-corrected chi connectivity index (χ1v) is 8.79. The van der Waals surface area contributed by atoms with Crippen LogP contribution in [0.25, 0.3) is 0 Å². The summed E-state index contributed by atoms with van der Waals surface area (Å²) in [6.07, 6.45) is 0. The SMILES string of the molecule is COc1ccc(C(NC(=O)CSc2nncs2)C(C)C)cc1. The summed E-state index contributed by atoms with van der Waals surface area (Å²) in [7, 11) is 1.64. The number of nitrogens with zero attached hydrogens (tertiary/aromatic N) is 2. The Hall–Kier alpha value is -1.60. The van der Waals surface area contributed by atoms with Gasteiger partial charge in [0.15, 0.2) is 4.34 Å². The van der Waals surface area contributed by atoms with E-state index in [4.69, 9.17) is 4.74 Å². The first-order chi connectivity index (χ1) is 10.6. The minimum absolute atomic E-state index is 0.00489. The molecule has 1 unspecified atom stereocenters.